The minimum atomic E-state index is -1.39. The number of hydrogen-bond donors (Lipinski definition) is 1. The summed E-state index contributed by atoms with van der Waals surface area (Å²) in [6.45, 7) is 0. The van der Waals surface area contributed by atoms with Gasteiger partial charge in [0.2, 0.25) is 3.23 Å². The summed E-state index contributed by atoms with van der Waals surface area (Å²) in [5, 5.41) is 8.92. The molecule has 2 nitrogen and oxygen atoms in total. The van der Waals surface area contributed by atoms with Crippen molar-refractivity contribution in [2.45, 2.75) is 8.61 Å². The van der Waals surface area contributed by atoms with Gasteiger partial charge in [-0.1, -0.05) is 112 Å². The first-order valence-corrected chi connectivity index (χ1v) is 8.05. The maximum Gasteiger partial charge on any atom is 0.333 e. The lowest BCUT2D eigenvalue weighted by Gasteiger charge is -2.37. The number of carbonyl (C=O) groups is 1. The number of rotatable bonds is 2. The van der Waals surface area contributed by atoms with Crippen LogP contribution in [0.4, 0.5) is 0 Å². The van der Waals surface area contributed by atoms with Crippen LogP contribution in [0.5, 0.6) is 0 Å². The third-order valence-corrected chi connectivity index (χ3v) is 12.4. The van der Waals surface area contributed by atoms with Gasteiger partial charge >= 0.3 is 5.97 Å². The SMILES string of the molecule is O=C(O)C(Br)(Br)C(Br)(Br)C(Br)(Br)Br. The predicted molar refractivity (Wildman–Crippen MR) is 78.3 cm³/mol. The molecule has 0 radical (unpaired) electrons. The van der Waals surface area contributed by atoms with Gasteiger partial charge in [0.25, 0.3) is 0 Å². The lowest BCUT2D eigenvalue weighted by atomic mass is 10.3. The number of carboxylic acids is 1. The molecule has 0 spiro atoms. The first kappa shape index (κ1) is 15.8. The van der Waals surface area contributed by atoms with Crippen molar-refractivity contribution in [1.82, 2.24) is 0 Å². The first-order chi connectivity index (χ1) is 5.44. The van der Waals surface area contributed by atoms with Crippen molar-refractivity contribution in [3.63, 3.8) is 0 Å². The summed E-state index contributed by atoms with van der Waals surface area (Å²) in [5.74, 6) is -1.08. The van der Waals surface area contributed by atoms with Crippen molar-refractivity contribution in [3.8, 4) is 0 Å². The average Bonchev–Trinajstić information content (AvgIpc) is 1.84. The highest BCUT2D eigenvalue weighted by Crippen LogP contribution is 2.62. The Morgan fingerprint density at radius 1 is 0.923 bits per heavy atom. The second kappa shape index (κ2) is 5.00. The van der Waals surface area contributed by atoms with Crippen LogP contribution >= 0.6 is 112 Å². The summed E-state index contributed by atoms with van der Waals surface area (Å²) < 4.78 is -3.26. The molecule has 0 aromatic heterocycles. The van der Waals surface area contributed by atoms with Crippen molar-refractivity contribution in [3.05, 3.63) is 0 Å². The molecule has 0 aromatic rings. The Morgan fingerprint density at radius 3 is 1.31 bits per heavy atom. The van der Waals surface area contributed by atoms with Gasteiger partial charge in [-0.25, -0.2) is 4.79 Å². The molecule has 0 aliphatic heterocycles. The molecular formula is C4HBr7O2. The van der Waals surface area contributed by atoms with Crippen molar-refractivity contribution < 1.29 is 9.90 Å². The van der Waals surface area contributed by atoms with E-state index in [2.05, 4.69) is 112 Å². The van der Waals surface area contributed by atoms with E-state index < -0.39 is 14.6 Å². The number of aliphatic carboxylic acids is 1. The molecule has 0 amide bonds. The van der Waals surface area contributed by atoms with E-state index in [1.54, 1.807) is 0 Å². The molecule has 0 aliphatic carbocycles. The van der Waals surface area contributed by atoms with Gasteiger partial charge < -0.3 is 5.11 Å². The predicted octanol–water partition coefficient (Wildman–Crippen LogP) is 4.88. The molecule has 0 fully saturated rings. The topological polar surface area (TPSA) is 37.3 Å². The summed E-state index contributed by atoms with van der Waals surface area (Å²) in [6.07, 6.45) is 0. The molecular weight excluding hydrogens is 639 g/mol. The Kier molecular flexibility index (Phi) is 6.08. The van der Waals surface area contributed by atoms with E-state index in [-0.39, 0.29) is 0 Å². The monoisotopic (exact) mass is 633 g/mol. The average molecular weight is 640 g/mol. The van der Waals surface area contributed by atoms with Crippen molar-refractivity contribution >= 4 is 117 Å². The van der Waals surface area contributed by atoms with Gasteiger partial charge in [0, 0.05) is 0 Å². The Bertz CT molecular complexity index is 217. The smallest absolute Gasteiger partial charge is 0.333 e. The maximum absolute atomic E-state index is 10.9. The first-order valence-electron chi connectivity index (χ1n) is 2.50. The van der Waals surface area contributed by atoms with Crippen LogP contribution in [0.25, 0.3) is 0 Å². The van der Waals surface area contributed by atoms with Crippen molar-refractivity contribution in [2.75, 3.05) is 0 Å². The molecule has 9 heteroatoms. The molecule has 0 unspecified atom stereocenters. The fourth-order valence-electron chi connectivity index (χ4n) is 0.312. The molecule has 13 heavy (non-hydrogen) atoms. The molecule has 0 atom stereocenters. The molecule has 0 aromatic carbocycles. The number of hydrogen-bond acceptors (Lipinski definition) is 1. The zero-order valence-electron chi connectivity index (χ0n) is 5.50. The van der Waals surface area contributed by atoms with Crippen LogP contribution in [0.2, 0.25) is 0 Å². The van der Waals surface area contributed by atoms with E-state index in [1.807, 2.05) is 0 Å². The zero-order chi connectivity index (χ0) is 11.1. The molecule has 78 valence electrons. The summed E-state index contributed by atoms with van der Waals surface area (Å²) in [4.78, 5) is 10.9. The Balaban J connectivity index is 5.16. The van der Waals surface area contributed by atoms with Gasteiger partial charge in [-0.15, -0.1) is 0 Å². The standard InChI is InChI=1S/C4HBr7O2/c5-2(6,1(12)13)3(7,8)4(9,10)11/h(H,12,13). The molecule has 0 heterocycles. The van der Waals surface area contributed by atoms with E-state index in [0.29, 0.717) is 0 Å². The molecule has 0 aliphatic rings. The second-order valence-corrected chi connectivity index (χ2v) is 15.6. The fraction of sp³-hybridized carbons (Fsp3) is 0.750. The van der Waals surface area contributed by atoms with Gasteiger partial charge in [-0.05, 0) is 0 Å². The van der Waals surface area contributed by atoms with Crippen LogP contribution < -0.4 is 0 Å². The van der Waals surface area contributed by atoms with Gasteiger partial charge in [-0.2, -0.15) is 0 Å². The zero-order valence-corrected chi connectivity index (χ0v) is 16.6. The van der Waals surface area contributed by atoms with E-state index in [0.717, 1.165) is 0 Å². The van der Waals surface area contributed by atoms with Crippen LogP contribution in [-0.4, -0.2) is 19.7 Å². The Morgan fingerprint density at radius 2 is 1.23 bits per heavy atom. The van der Waals surface area contributed by atoms with Crippen molar-refractivity contribution in [2.24, 2.45) is 0 Å². The minimum Gasteiger partial charge on any atom is -0.480 e. The second-order valence-electron chi connectivity index (χ2n) is 1.95. The van der Waals surface area contributed by atoms with Crippen LogP contribution in [0, 0.1) is 0 Å². The summed E-state index contributed by atoms with van der Waals surface area (Å²) in [5.41, 5.74) is 0. The van der Waals surface area contributed by atoms with Crippen LogP contribution in [0.15, 0.2) is 0 Å². The summed E-state index contributed by atoms with van der Waals surface area (Å²) in [7, 11) is 0. The lowest BCUT2D eigenvalue weighted by Crippen LogP contribution is -2.49. The van der Waals surface area contributed by atoms with Gasteiger partial charge in [0.15, 0.2) is 5.38 Å². The number of carboxylic acid groups (broad SMARTS) is 1. The largest absolute Gasteiger partial charge is 0.480 e. The number of halogens is 7. The molecule has 1 N–H and O–H groups in total. The summed E-state index contributed by atoms with van der Waals surface area (Å²) in [6, 6.07) is 0. The van der Waals surface area contributed by atoms with E-state index in [9.17, 15) is 4.79 Å². The molecule has 0 rings (SSSR count). The third kappa shape index (κ3) is 3.39. The van der Waals surface area contributed by atoms with Crippen LogP contribution in [-0.2, 0) is 4.79 Å². The normalized spacial score (nSPS) is 14.4. The van der Waals surface area contributed by atoms with Crippen molar-refractivity contribution in [1.29, 1.82) is 0 Å². The Labute approximate surface area is 134 Å². The highest BCUT2D eigenvalue weighted by atomic mass is 80.0. The lowest BCUT2D eigenvalue weighted by molar-refractivity contribution is -0.137. The fourth-order valence-corrected chi connectivity index (χ4v) is 3.73. The van der Waals surface area contributed by atoms with E-state index in [4.69, 9.17) is 5.11 Å². The Hall–Kier alpha value is 2.83. The molecule has 0 saturated carbocycles. The van der Waals surface area contributed by atoms with Gasteiger partial charge in [0.05, 0.1) is 0 Å². The highest BCUT2D eigenvalue weighted by Gasteiger charge is 2.60. The van der Waals surface area contributed by atoms with Crippen LogP contribution in [0.1, 0.15) is 0 Å². The highest BCUT2D eigenvalue weighted by molar-refractivity contribution is 9.42. The third-order valence-electron chi connectivity index (χ3n) is 1.02. The maximum atomic E-state index is 10.9. The van der Waals surface area contributed by atoms with E-state index in [1.165, 1.54) is 0 Å². The quantitative estimate of drug-likeness (QED) is 0.438. The van der Waals surface area contributed by atoms with Crippen LogP contribution in [0.3, 0.4) is 0 Å². The van der Waals surface area contributed by atoms with Gasteiger partial charge in [0.1, 0.15) is 0 Å². The molecule has 0 bridgehead atoms. The summed E-state index contributed by atoms with van der Waals surface area (Å²) >= 11 is 22.2. The minimum absolute atomic E-state index is 0.842. The molecule has 0 saturated heterocycles. The number of alkyl halides is 7. The van der Waals surface area contributed by atoms with E-state index >= 15 is 0 Å². The van der Waals surface area contributed by atoms with Gasteiger partial charge in [-0.3, -0.25) is 0 Å².